The maximum Gasteiger partial charge on any atom is 0.304 e. The molecule has 6 heteroatoms. The first-order chi connectivity index (χ1) is 9.99. The first-order valence-corrected chi connectivity index (χ1v) is 7.71. The van der Waals surface area contributed by atoms with E-state index in [4.69, 9.17) is 14.2 Å². The molecule has 5 atom stereocenters. The van der Waals surface area contributed by atoms with Crippen LogP contribution in [0.1, 0.15) is 19.4 Å². The molecule has 0 radical (unpaired) electrons. The Morgan fingerprint density at radius 3 is 2.67 bits per heavy atom. The number of benzene rings is 1. The summed E-state index contributed by atoms with van der Waals surface area (Å²) in [5, 5.41) is 10.3. The number of aliphatic hydroxyl groups excluding tert-OH is 1. The van der Waals surface area contributed by atoms with Gasteiger partial charge in [-0.05, 0) is 12.5 Å². The lowest BCUT2D eigenvalue weighted by Gasteiger charge is -2.40. The fraction of sp³-hybridized carbons (Fsp3) is 0.533. The summed E-state index contributed by atoms with van der Waals surface area (Å²) in [6.07, 6.45) is -2.53. The summed E-state index contributed by atoms with van der Waals surface area (Å²) in [5.74, 6) is -0.451. The fourth-order valence-corrected chi connectivity index (χ4v) is 2.77. The minimum absolute atomic E-state index is 0.383. The van der Waals surface area contributed by atoms with Crippen molar-refractivity contribution < 1.29 is 24.1 Å². The number of carbonyl (C=O) groups is 1. The van der Waals surface area contributed by atoms with E-state index >= 15 is 0 Å². The van der Waals surface area contributed by atoms with Crippen molar-refractivity contribution in [1.82, 2.24) is 0 Å². The number of aliphatic hydroxyl groups is 1. The standard InChI is InChI=1S/C15H19BrO5/c1-9-14(19-8-11-6-4-3-5-7-11)13(18)12(16)15(20-9)21-10(2)17/h3-7,9,12-15,18H,8H2,1-2H3/t9-,12+,13-,14+,15-/m0/s1. The van der Waals surface area contributed by atoms with Gasteiger partial charge in [0.15, 0.2) is 0 Å². The fourth-order valence-electron chi connectivity index (χ4n) is 2.24. The Balaban J connectivity index is 1.96. The van der Waals surface area contributed by atoms with Crippen LogP contribution in [0.25, 0.3) is 0 Å². The van der Waals surface area contributed by atoms with Gasteiger partial charge in [-0.25, -0.2) is 0 Å². The summed E-state index contributed by atoms with van der Waals surface area (Å²) in [7, 11) is 0. The SMILES string of the molecule is CC(=O)O[C@@H]1O[C@@H](C)[C@@H](OCc2ccccc2)[C@@H](O)[C@H]1Br. The van der Waals surface area contributed by atoms with E-state index in [1.165, 1.54) is 6.92 Å². The van der Waals surface area contributed by atoms with Gasteiger partial charge in [0.1, 0.15) is 17.0 Å². The molecule has 1 heterocycles. The summed E-state index contributed by atoms with van der Waals surface area (Å²) in [5.41, 5.74) is 1.02. The van der Waals surface area contributed by atoms with Crippen molar-refractivity contribution in [2.24, 2.45) is 0 Å². The molecule has 1 N–H and O–H groups in total. The highest BCUT2D eigenvalue weighted by molar-refractivity contribution is 9.09. The van der Waals surface area contributed by atoms with Crippen molar-refractivity contribution in [2.75, 3.05) is 0 Å². The van der Waals surface area contributed by atoms with Crippen molar-refractivity contribution in [3.05, 3.63) is 35.9 Å². The molecule has 1 aromatic carbocycles. The van der Waals surface area contributed by atoms with Gasteiger partial charge in [-0.1, -0.05) is 46.3 Å². The molecule has 0 bridgehead atoms. The maximum absolute atomic E-state index is 11.0. The second-order valence-electron chi connectivity index (χ2n) is 5.02. The monoisotopic (exact) mass is 358 g/mol. The zero-order valence-electron chi connectivity index (χ0n) is 11.9. The molecule has 5 nitrogen and oxygen atoms in total. The summed E-state index contributed by atoms with van der Waals surface area (Å²) >= 11 is 3.31. The Hall–Kier alpha value is -0.950. The van der Waals surface area contributed by atoms with Gasteiger partial charge in [-0.2, -0.15) is 0 Å². The molecule has 0 unspecified atom stereocenters. The number of carbonyl (C=O) groups excluding carboxylic acids is 1. The number of hydrogen-bond acceptors (Lipinski definition) is 5. The van der Waals surface area contributed by atoms with E-state index in [-0.39, 0.29) is 6.10 Å². The van der Waals surface area contributed by atoms with E-state index in [0.717, 1.165) is 5.56 Å². The molecular formula is C15H19BrO5. The Kier molecular flexibility index (Phi) is 5.75. The van der Waals surface area contributed by atoms with Crippen LogP contribution in [0.2, 0.25) is 0 Å². The van der Waals surface area contributed by atoms with Gasteiger partial charge in [0, 0.05) is 6.92 Å². The molecule has 0 aromatic heterocycles. The third kappa shape index (κ3) is 4.26. The molecule has 21 heavy (non-hydrogen) atoms. The first-order valence-electron chi connectivity index (χ1n) is 6.79. The molecular weight excluding hydrogens is 340 g/mol. The zero-order chi connectivity index (χ0) is 15.4. The van der Waals surface area contributed by atoms with Crippen molar-refractivity contribution in [1.29, 1.82) is 0 Å². The molecule has 0 aliphatic carbocycles. The molecule has 0 saturated carbocycles. The van der Waals surface area contributed by atoms with Crippen molar-refractivity contribution in [2.45, 2.75) is 49.9 Å². The third-order valence-electron chi connectivity index (χ3n) is 3.30. The molecule has 1 fully saturated rings. The Labute approximate surface area is 132 Å². The third-order valence-corrected chi connectivity index (χ3v) is 4.27. The minimum Gasteiger partial charge on any atom is -0.435 e. The Morgan fingerprint density at radius 1 is 1.38 bits per heavy atom. The number of esters is 1. The van der Waals surface area contributed by atoms with Crippen LogP contribution in [0.5, 0.6) is 0 Å². The topological polar surface area (TPSA) is 65.0 Å². The highest BCUT2D eigenvalue weighted by atomic mass is 79.9. The molecule has 1 aliphatic heterocycles. The van der Waals surface area contributed by atoms with Crippen LogP contribution in [0.4, 0.5) is 0 Å². The van der Waals surface area contributed by atoms with E-state index in [0.29, 0.717) is 6.61 Å². The number of rotatable bonds is 4. The molecule has 0 spiro atoms. The largest absolute Gasteiger partial charge is 0.435 e. The van der Waals surface area contributed by atoms with Gasteiger partial charge >= 0.3 is 5.97 Å². The summed E-state index contributed by atoms with van der Waals surface area (Å²) < 4.78 is 16.4. The van der Waals surface area contributed by atoms with E-state index in [9.17, 15) is 9.90 Å². The van der Waals surface area contributed by atoms with Crippen LogP contribution in [0.3, 0.4) is 0 Å². The second kappa shape index (κ2) is 7.35. The van der Waals surface area contributed by atoms with Gasteiger partial charge in [-0.3, -0.25) is 4.79 Å². The smallest absolute Gasteiger partial charge is 0.304 e. The molecule has 1 aliphatic rings. The highest BCUT2D eigenvalue weighted by Crippen LogP contribution is 2.29. The normalized spacial score (nSPS) is 32.7. The zero-order valence-corrected chi connectivity index (χ0v) is 13.5. The predicted molar refractivity (Wildman–Crippen MR) is 79.8 cm³/mol. The summed E-state index contributed by atoms with van der Waals surface area (Å²) in [6.45, 7) is 3.47. The number of alkyl halides is 1. The summed E-state index contributed by atoms with van der Waals surface area (Å²) in [4.78, 5) is 10.5. The average molecular weight is 359 g/mol. The predicted octanol–water partition coefficient (Wildman–Crippen LogP) is 2.00. The van der Waals surface area contributed by atoms with Gasteiger partial charge in [0.05, 0.1) is 12.7 Å². The van der Waals surface area contributed by atoms with Gasteiger partial charge in [-0.15, -0.1) is 0 Å². The lowest BCUT2D eigenvalue weighted by atomic mass is 10.0. The van der Waals surface area contributed by atoms with Crippen molar-refractivity contribution >= 4 is 21.9 Å². The van der Waals surface area contributed by atoms with Crippen LogP contribution < -0.4 is 0 Å². The minimum atomic E-state index is -0.832. The molecule has 116 valence electrons. The van der Waals surface area contributed by atoms with E-state index in [1.54, 1.807) is 6.92 Å². The number of hydrogen-bond donors (Lipinski definition) is 1. The molecule has 1 saturated heterocycles. The first kappa shape index (κ1) is 16.4. The maximum atomic E-state index is 11.0. The Bertz CT molecular complexity index is 466. The average Bonchev–Trinajstić information content (AvgIpc) is 2.45. The number of halogens is 1. The molecule has 2 rings (SSSR count). The van der Waals surface area contributed by atoms with Crippen LogP contribution in [-0.4, -0.2) is 40.5 Å². The lowest BCUT2D eigenvalue weighted by molar-refractivity contribution is -0.245. The highest BCUT2D eigenvalue weighted by Gasteiger charge is 2.44. The van der Waals surface area contributed by atoms with Gasteiger partial charge < -0.3 is 19.3 Å². The van der Waals surface area contributed by atoms with Crippen LogP contribution in [0.15, 0.2) is 30.3 Å². The number of ether oxygens (including phenoxy) is 3. The van der Waals surface area contributed by atoms with Crippen molar-refractivity contribution in [3.63, 3.8) is 0 Å². The van der Waals surface area contributed by atoms with Gasteiger partial charge in [0.2, 0.25) is 6.29 Å². The molecule has 1 aromatic rings. The van der Waals surface area contributed by atoms with Crippen LogP contribution in [0, 0.1) is 0 Å². The van der Waals surface area contributed by atoms with E-state index in [1.807, 2.05) is 30.3 Å². The van der Waals surface area contributed by atoms with Crippen LogP contribution in [-0.2, 0) is 25.6 Å². The summed E-state index contributed by atoms with van der Waals surface area (Å²) in [6, 6.07) is 9.70. The second-order valence-corrected chi connectivity index (χ2v) is 6.07. The molecule has 0 amide bonds. The lowest BCUT2D eigenvalue weighted by Crippen LogP contribution is -2.56. The quantitative estimate of drug-likeness (QED) is 0.658. The van der Waals surface area contributed by atoms with Crippen molar-refractivity contribution in [3.8, 4) is 0 Å². The van der Waals surface area contributed by atoms with Crippen LogP contribution >= 0.6 is 15.9 Å². The van der Waals surface area contributed by atoms with E-state index in [2.05, 4.69) is 15.9 Å². The Morgan fingerprint density at radius 2 is 2.05 bits per heavy atom. The van der Waals surface area contributed by atoms with Gasteiger partial charge in [0.25, 0.3) is 0 Å². The van der Waals surface area contributed by atoms with E-state index < -0.39 is 29.3 Å².